The molecule has 0 fully saturated rings. The summed E-state index contributed by atoms with van der Waals surface area (Å²) in [6.07, 6.45) is 0. The first kappa shape index (κ1) is 9.87. The van der Waals surface area contributed by atoms with E-state index in [0.29, 0.717) is 6.04 Å². The van der Waals surface area contributed by atoms with Crippen molar-refractivity contribution in [3.8, 4) is 0 Å². The molecule has 0 unspecified atom stereocenters. The smallest absolute Gasteiger partial charge is 0.0526 e. The molecular weight excluding hydrogens is 192 g/mol. The fraction of sp³-hybridized carbons (Fsp3) is 0.455. The van der Waals surface area contributed by atoms with Crippen LogP contribution >= 0.6 is 12.1 Å². The van der Waals surface area contributed by atoms with Crippen molar-refractivity contribution in [3.05, 3.63) is 29.3 Å². The maximum absolute atomic E-state index is 3.40. The monoisotopic (exact) mass is 208 g/mol. The number of nitrogens with one attached hydrogen (secondary N) is 1. The van der Waals surface area contributed by atoms with Crippen LogP contribution < -0.4 is 4.72 Å². The van der Waals surface area contributed by atoms with Crippen molar-refractivity contribution in [1.29, 1.82) is 0 Å². The molecule has 2 rings (SSSR count). The highest BCUT2D eigenvalue weighted by atomic mass is 32.2. The van der Waals surface area contributed by atoms with E-state index < -0.39 is 0 Å². The molecule has 0 bridgehead atoms. The van der Waals surface area contributed by atoms with Gasteiger partial charge in [0.1, 0.15) is 0 Å². The van der Waals surface area contributed by atoms with Gasteiger partial charge in [0.25, 0.3) is 0 Å². The lowest BCUT2D eigenvalue weighted by Crippen LogP contribution is -2.28. The third-order valence-corrected chi connectivity index (χ3v) is 3.61. The fourth-order valence-electron chi connectivity index (χ4n) is 1.60. The highest BCUT2D eigenvalue weighted by Gasteiger charge is 2.19. The number of anilines is 1. The summed E-state index contributed by atoms with van der Waals surface area (Å²) in [5.41, 5.74) is 4.03. The van der Waals surface area contributed by atoms with Gasteiger partial charge in [0.05, 0.1) is 5.69 Å². The van der Waals surface area contributed by atoms with Crippen molar-refractivity contribution in [2.45, 2.75) is 33.4 Å². The molecule has 1 aromatic rings. The van der Waals surface area contributed by atoms with Gasteiger partial charge < -0.3 is 4.72 Å². The predicted molar refractivity (Wildman–Crippen MR) is 63.1 cm³/mol. The first-order valence-electron chi connectivity index (χ1n) is 4.96. The van der Waals surface area contributed by atoms with Gasteiger partial charge in [-0.3, -0.25) is 0 Å². The Bertz CT molecular complexity index is 336. The van der Waals surface area contributed by atoms with E-state index in [4.69, 9.17) is 0 Å². The second-order valence-corrected chi connectivity index (χ2v) is 4.83. The Labute approximate surface area is 90.0 Å². The number of para-hydroxylation sites is 1. The van der Waals surface area contributed by atoms with Crippen LogP contribution in [-0.2, 0) is 6.54 Å². The normalized spacial score (nSPS) is 16.6. The van der Waals surface area contributed by atoms with E-state index in [0.717, 1.165) is 6.54 Å². The van der Waals surface area contributed by atoms with Gasteiger partial charge in [0.2, 0.25) is 0 Å². The molecule has 1 N–H and O–H groups in total. The molecular formula is C11H16N2S. The molecule has 1 aliphatic rings. The molecule has 0 atom stereocenters. The molecule has 0 radical (unpaired) electrons. The molecule has 1 aliphatic heterocycles. The van der Waals surface area contributed by atoms with E-state index in [2.05, 4.69) is 48.0 Å². The standard InChI is InChI=1S/C11H16N2S/c1-8(2)13-7-10-6-4-5-9(3)11(10)12-14-13/h4-6,8,12H,7H2,1-3H3. The Balaban J connectivity index is 2.27. The van der Waals surface area contributed by atoms with Crippen molar-refractivity contribution in [2.24, 2.45) is 0 Å². The van der Waals surface area contributed by atoms with Crippen molar-refractivity contribution < 1.29 is 0 Å². The summed E-state index contributed by atoms with van der Waals surface area (Å²) in [5.74, 6) is 0. The van der Waals surface area contributed by atoms with Crippen molar-refractivity contribution >= 4 is 17.8 Å². The van der Waals surface area contributed by atoms with Crippen LogP contribution in [0.4, 0.5) is 5.69 Å². The predicted octanol–water partition coefficient (Wildman–Crippen LogP) is 3.19. The van der Waals surface area contributed by atoms with Gasteiger partial charge in [-0.15, -0.1) is 0 Å². The van der Waals surface area contributed by atoms with Gasteiger partial charge in [-0.25, -0.2) is 4.31 Å². The second-order valence-electron chi connectivity index (χ2n) is 3.97. The van der Waals surface area contributed by atoms with E-state index in [1.807, 2.05) is 0 Å². The zero-order chi connectivity index (χ0) is 10.1. The first-order chi connectivity index (χ1) is 6.68. The fourth-order valence-corrected chi connectivity index (χ4v) is 2.51. The average molecular weight is 208 g/mol. The van der Waals surface area contributed by atoms with Gasteiger partial charge in [-0.05, 0) is 31.9 Å². The molecule has 0 saturated carbocycles. The SMILES string of the molecule is Cc1cccc2c1NSN(C(C)C)C2. The van der Waals surface area contributed by atoms with Crippen LogP contribution in [0.5, 0.6) is 0 Å². The van der Waals surface area contributed by atoms with E-state index in [1.165, 1.54) is 16.8 Å². The minimum Gasteiger partial charge on any atom is -0.316 e. The maximum Gasteiger partial charge on any atom is 0.0526 e. The largest absolute Gasteiger partial charge is 0.316 e. The molecule has 76 valence electrons. The van der Waals surface area contributed by atoms with Gasteiger partial charge in [-0.1, -0.05) is 18.2 Å². The van der Waals surface area contributed by atoms with Crippen LogP contribution in [-0.4, -0.2) is 10.3 Å². The molecule has 0 amide bonds. The summed E-state index contributed by atoms with van der Waals surface area (Å²) in [6.45, 7) is 7.62. The van der Waals surface area contributed by atoms with E-state index in [1.54, 1.807) is 12.1 Å². The maximum atomic E-state index is 3.40. The number of hydrogen-bond acceptors (Lipinski definition) is 3. The first-order valence-corrected chi connectivity index (χ1v) is 5.74. The lowest BCUT2D eigenvalue weighted by Gasteiger charge is -2.31. The van der Waals surface area contributed by atoms with Crippen LogP contribution in [0.1, 0.15) is 25.0 Å². The van der Waals surface area contributed by atoms with Gasteiger partial charge >= 0.3 is 0 Å². The van der Waals surface area contributed by atoms with E-state index in [9.17, 15) is 0 Å². The quantitative estimate of drug-likeness (QED) is 0.713. The van der Waals surface area contributed by atoms with E-state index >= 15 is 0 Å². The topological polar surface area (TPSA) is 15.3 Å². The van der Waals surface area contributed by atoms with Crippen molar-refractivity contribution in [2.75, 3.05) is 4.72 Å². The lowest BCUT2D eigenvalue weighted by molar-refractivity contribution is 0.389. The number of rotatable bonds is 1. The summed E-state index contributed by atoms with van der Waals surface area (Å²) < 4.78 is 5.75. The minimum atomic E-state index is 0.571. The number of hydrogen-bond donors (Lipinski definition) is 1. The van der Waals surface area contributed by atoms with Crippen LogP contribution in [0, 0.1) is 6.92 Å². The molecule has 14 heavy (non-hydrogen) atoms. The number of nitrogens with zero attached hydrogens (tertiary/aromatic N) is 1. The third-order valence-electron chi connectivity index (χ3n) is 2.53. The third kappa shape index (κ3) is 1.74. The Morgan fingerprint density at radius 1 is 1.43 bits per heavy atom. The molecule has 2 nitrogen and oxygen atoms in total. The Morgan fingerprint density at radius 3 is 2.93 bits per heavy atom. The Kier molecular flexibility index (Phi) is 2.70. The van der Waals surface area contributed by atoms with Gasteiger partial charge in [0.15, 0.2) is 0 Å². The summed E-state index contributed by atoms with van der Waals surface area (Å²) in [4.78, 5) is 0. The average Bonchev–Trinajstić information content (AvgIpc) is 2.17. The number of benzene rings is 1. The molecule has 0 aromatic heterocycles. The molecule has 1 heterocycles. The summed E-state index contributed by atoms with van der Waals surface area (Å²) in [7, 11) is 0. The van der Waals surface area contributed by atoms with E-state index in [-0.39, 0.29) is 0 Å². The molecule has 3 heteroatoms. The summed E-state index contributed by atoms with van der Waals surface area (Å²) in [6, 6.07) is 7.05. The molecule has 1 aromatic carbocycles. The number of aryl methyl sites for hydroxylation is 1. The Hall–Kier alpha value is -0.670. The van der Waals surface area contributed by atoms with Crippen molar-refractivity contribution in [1.82, 2.24) is 4.31 Å². The van der Waals surface area contributed by atoms with Crippen LogP contribution in [0.25, 0.3) is 0 Å². The lowest BCUT2D eigenvalue weighted by atomic mass is 10.1. The highest BCUT2D eigenvalue weighted by Crippen LogP contribution is 2.33. The molecule has 0 aliphatic carbocycles. The summed E-state index contributed by atoms with van der Waals surface area (Å²) in [5, 5.41) is 0. The Morgan fingerprint density at radius 2 is 2.21 bits per heavy atom. The number of fused-ring (bicyclic) bond motifs is 1. The molecule has 0 spiro atoms. The highest BCUT2D eigenvalue weighted by molar-refractivity contribution is 7.98. The zero-order valence-electron chi connectivity index (χ0n) is 8.87. The van der Waals surface area contributed by atoms with Gasteiger partial charge in [0, 0.05) is 24.7 Å². The van der Waals surface area contributed by atoms with Crippen molar-refractivity contribution in [3.63, 3.8) is 0 Å². The van der Waals surface area contributed by atoms with Crippen LogP contribution in [0.3, 0.4) is 0 Å². The van der Waals surface area contributed by atoms with Crippen LogP contribution in [0.15, 0.2) is 18.2 Å². The summed E-state index contributed by atoms with van der Waals surface area (Å²) >= 11 is 1.71. The molecule has 0 saturated heterocycles. The zero-order valence-corrected chi connectivity index (χ0v) is 9.69. The minimum absolute atomic E-state index is 0.571. The van der Waals surface area contributed by atoms with Gasteiger partial charge in [-0.2, -0.15) is 0 Å². The second kappa shape index (κ2) is 3.83. The van der Waals surface area contributed by atoms with Crippen LogP contribution in [0.2, 0.25) is 0 Å².